The Kier molecular flexibility index (Phi) is 4.20. The molecule has 0 aromatic heterocycles. The molecule has 1 N–H and O–H groups in total. The Bertz CT molecular complexity index is 139. The van der Waals surface area contributed by atoms with E-state index in [1.165, 1.54) is 19.3 Å². The normalized spacial score (nSPS) is 20.8. The van der Waals surface area contributed by atoms with Crippen molar-refractivity contribution in [2.75, 3.05) is 20.6 Å². The van der Waals surface area contributed by atoms with Gasteiger partial charge in [-0.15, -0.1) is 0 Å². The van der Waals surface area contributed by atoms with Gasteiger partial charge in [-0.1, -0.05) is 20.3 Å². The fourth-order valence-corrected chi connectivity index (χ4v) is 1.95. The molecule has 1 aliphatic rings. The van der Waals surface area contributed by atoms with E-state index in [-0.39, 0.29) is 0 Å². The third kappa shape index (κ3) is 3.28. The van der Waals surface area contributed by atoms with Crippen molar-refractivity contribution in [1.82, 2.24) is 10.2 Å². The van der Waals surface area contributed by atoms with Crippen molar-refractivity contribution in [3.8, 4) is 0 Å². The molecule has 1 fully saturated rings. The van der Waals surface area contributed by atoms with E-state index in [1.807, 2.05) is 0 Å². The van der Waals surface area contributed by atoms with Gasteiger partial charge < -0.3 is 10.2 Å². The summed E-state index contributed by atoms with van der Waals surface area (Å²) < 4.78 is 0. The first-order valence-electron chi connectivity index (χ1n) is 5.51. The molecule has 0 aromatic carbocycles. The Labute approximate surface area is 82.7 Å². The number of nitrogens with one attached hydrogen (secondary N) is 1. The smallest absolute Gasteiger partial charge is 0.0242 e. The lowest BCUT2D eigenvalue weighted by molar-refractivity contribution is 0.136. The molecule has 0 saturated heterocycles. The summed E-state index contributed by atoms with van der Waals surface area (Å²) in [4.78, 5) is 2.37. The minimum Gasteiger partial charge on any atom is -0.313 e. The zero-order valence-corrected chi connectivity index (χ0v) is 9.51. The third-order valence-electron chi connectivity index (χ3n) is 3.09. The van der Waals surface area contributed by atoms with Gasteiger partial charge in [-0.2, -0.15) is 0 Å². The maximum Gasteiger partial charge on any atom is 0.0242 e. The molecule has 0 heterocycles. The van der Waals surface area contributed by atoms with Crippen molar-refractivity contribution >= 4 is 0 Å². The molecular formula is C11H24N2. The summed E-state index contributed by atoms with van der Waals surface area (Å²) in [5, 5.41) is 3.53. The molecule has 0 bridgehead atoms. The summed E-state index contributed by atoms with van der Waals surface area (Å²) in [6.45, 7) is 5.58. The summed E-state index contributed by atoms with van der Waals surface area (Å²) >= 11 is 0. The fraction of sp³-hybridized carbons (Fsp3) is 1.00. The fourth-order valence-electron chi connectivity index (χ4n) is 1.95. The standard InChI is InChI=1S/C11H24N2/c1-9(2)12-8-11(13(3)4)10-6-5-7-10/h9-12H,5-8H2,1-4H3. The number of likely N-dealkylation sites (N-methyl/N-ethyl adjacent to an activating group) is 1. The summed E-state index contributed by atoms with van der Waals surface area (Å²) in [6, 6.07) is 1.36. The van der Waals surface area contributed by atoms with Gasteiger partial charge in [-0.25, -0.2) is 0 Å². The molecular weight excluding hydrogens is 160 g/mol. The first-order chi connectivity index (χ1) is 6.11. The topological polar surface area (TPSA) is 15.3 Å². The Hall–Kier alpha value is -0.0800. The van der Waals surface area contributed by atoms with Crippen LogP contribution >= 0.6 is 0 Å². The van der Waals surface area contributed by atoms with Crippen LogP contribution in [-0.4, -0.2) is 37.6 Å². The second-order valence-electron chi connectivity index (χ2n) is 4.78. The van der Waals surface area contributed by atoms with E-state index in [2.05, 4.69) is 38.2 Å². The Morgan fingerprint density at radius 1 is 1.31 bits per heavy atom. The second-order valence-corrected chi connectivity index (χ2v) is 4.78. The van der Waals surface area contributed by atoms with Crippen LogP contribution in [0.5, 0.6) is 0 Å². The highest BCUT2D eigenvalue weighted by molar-refractivity contribution is 4.84. The highest BCUT2D eigenvalue weighted by Crippen LogP contribution is 2.31. The van der Waals surface area contributed by atoms with E-state index >= 15 is 0 Å². The van der Waals surface area contributed by atoms with Gasteiger partial charge in [-0.05, 0) is 32.9 Å². The summed E-state index contributed by atoms with van der Waals surface area (Å²) in [5.41, 5.74) is 0. The lowest BCUT2D eigenvalue weighted by atomic mass is 9.79. The summed E-state index contributed by atoms with van der Waals surface area (Å²) in [5.74, 6) is 0.946. The molecule has 2 nitrogen and oxygen atoms in total. The van der Waals surface area contributed by atoms with Crippen molar-refractivity contribution < 1.29 is 0 Å². The van der Waals surface area contributed by atoms with E-state index in [9.17, 15) is 0 Å². The monoisotopic (exact) mass is 184 g/mol. The predicted molar refractivity (Wildman–Crippen MR) is 58.0 cm³/mol. The molecule has 0 spiro atoms. The molecule has 0 amide bonds. The zero-order chi connectivity index (χ0) is 9.84. The van der Waals surface area contributed by atoms with Gasteiger partial charge in [0.25, 0.3) is 0 Å². The number of hydrogen-bond acceptors (Lipinski definition) is 2. The average Bonchev–Trinajstić information content (AvgIpc) is 1.92. The lowest BCUT2D eigenvalue weighted by Crippen LogP contribution is -2.46. The second kappa shape index (κ2) is 4.97. The van der Waals surface area contributed by atoms with Crippen LogP contribution in [0.15, 0.2) is 0 Å². The lowest BCUT2D eigenvalue weighted by Gasteiger charge is -2.38. The van der Waals surface area contributed by atoms with E-state index in [4.69, 9.17) is 0 Å². The van der Waals surface area contributed by atoms with Gasteiger partial charge in [0.15, 0.2) is 0 Å². The molecule has 2 heteroatoms. The molecule has 0 aliphatic heterocycles. The van der Waals surface area contributed by atoms with Gasteiger partial charge in [0.2, 0.25) is 0 Å². The first kappa shape index (κ1) is 11.0. The largest absolute Gasteiger partial charge is 0.313 e. The molecule has 1 aliphatic carbocycles. The quantitative estimate of drug-likeness (QED) is 0.700. The summed E-state index contributed by atoms with van der Waals surface area (Å²) in [7, 11) is 4.40. The van der Waals surface area contributed by atoms with Crippen LogP contribution in [0, 0.1) is 5.92 Å². The maximum absolute atomic E-state index is 3.53. The highest BCUT2D eigenvalue weighted by atomic mass is 15.1. The Morgan fingerprint density at radius 3 is 2.23 bits per heavy atom. The van der Waals surface area contributed by atoms with E-state index < -0.39 is 0 Å². The van der Waals surface area contributed by atoms with Crippen LogP contribution < -0.4 is 5.32 Å². The SMILES string of the molecule is CC(C)NCC(C1CCC1)N(C)C. The first-order valence-corrected chi connectivity index (χ1v) is 5.51. The van der Waals surface area contributed by atoms with E-state index in [1.54, 1.807) is 0 Å². The molecule has 1 atom stereocenters. The molecule has 0 aromatic rings. The third-order valence-corrected chi connectivity index (χ3v) is 3.09. The zero-order valence-electron chi connectivity index (χ0n) is 9.51. The van der Waals surface area contributed by atoms with Crippen LogP contribution in [-0.2, 0) is 0 Å². The van der Waals surface area contributed by atoms with Crippen molar-refractivity contribution in [2.45, 2.75) is 45.2 Å². The van der Waals surface area contributed by atoms with Crippen molar-refractivity contribution in [3.05, 3.63) is 0 Å². The molecule has 1 rings (SSSR count). The van der Waals surface area contributed by atoms with Gasteiger partial charge in [-0.3, -0.25) is 0 Å². The highest BCUT2D eigenvalue weighted by Gasteiger charge is 2.28. The molecule has 0 radical (unpaired) electrons. The number of rotatable bonds is 5. The van der Waals surface area contributed by atoms with Crippen LogP contribution in [0.1, 0.15) is 33.1 Å². The Balaban J connectivity index is 2.29. The summed E-state index contributed by atoms with van der Waals surface area (Å²) in [6.07, 6.45) is 4.31. The number of nitrogens with zero attached hydrogens (tertiary/aromatic N) is 1. The van der Waals surface area contributed by atoms with Crippen molar-refractivity contribution in [2.24, 2.45) is 5.92 Å². The number of hydrogen-bond donors (Lipinski definition) is 1. The minimum absolute atomic E-state index is 0.613. The molecule has 1 unspecified atom stereocenters. The van der Waals surface area contributed by atoms with Crippen LogP contribution in [0.2, 0.25) is 0 Å². The Morgan fingerprint density at radius 2 is 1.92 bits per heavy atom. The predicted octanol–water partition coefficient (Wildman–Crippen LogP) is 1.71. The minimum atomic E-state index is 0.613. The van der Waals surface area contributed by atoms with Gasteiger partial charge in [0, 0.05) is 18.6 Å². The van der Waals surface area contributed by atoms with Crippen LogP contribution in [0.25, 0.3) is 0 Å². The van der Waals surface area contributed by atoms with Gasteiger partial charge in [0.1, 0.15) is 0 Å². The van der Waals surface area contributed by atoms with Gasteiger partial charge >= 0.3 is 0 Å². The van der Waals surface area contributed by atoms with E-state index in [0.29, 0.717) is 6.04 Å². The maximum atomic E-state index is 3.53. The van der Waals surface area contributed by atoms with Crippen molar-refractivity contribution in [1.29, 1.82) is 0 Å². The average molecular weight is 184 g/mol. The van der Waals surface area contributed by atoms with Crippen molar-refractivity contribution in [3.63, 3.8) is 0 Å². The molecule has 13 heavy (non-hydrogen) atoms. The van der Waals surface area contributed by atoms with Crippen LogP contribution in [0.4, 0.5) is 0 Å². The van der Waals surface area contributed by atoms with Gasteiger partial charge in [0.05, 0.1) is 0 Å². The molecule has 78 valence electrons. The van der Waals surface area contributed by atoms with Crippen LogP contribution in [0.3, 0.4) is 0 Å². The molecule has 1 saturated carbocycles. The van der Waals surface area contributed by atoms with E-state index in [0.717, 1.165) is 18.5 Å².